The lowest BCUT2D eigenvalue weighted by Crippen LogP contribution is -2.17. The van der Waals surface area contributed by atoms with Crippen molar-refractivity contribution >= 4 is 39.1 Å². The molecule has 0 atom stereocenters. The predicted octanol–water partition coefficient (Wildman–Crippen LogP) is 5.96. The third kappa shape index (κ3) is 3.34. The summed E-state index contributed by atoms with van der Waals surface area (Å²) < 4.78 is 8.28. The highest BCUT2D eigenvalue weighted by molar-refractivity contribution is 9.10. The smallest absolute Gasteiger partial charge is 0.241 e. The molecule has 0 spiro atoms. The fraction of sp³-hybridized carbons (Fsp3) is 0.0455. The van der Waals surface area contributed by atoms with E-state index in [1.54, 1.807) is 23.0 Å². The standard InChI is InChI=1S/C22H14BrClN4O/c23-19-12-18(28(27-19)21-17(24)10-5-11-25-21)22-26-20-15(13-29-22)8-4-9-16(20)14-6-2-1-3-7-14/h1-12H,13H2. The van der Waals surface area contributed by atoms with Gasteiger partial charge in [0.05, 0.1) is 10.7 Å². The predicted molar refractivity (Wildman–Crippen MR) is 117 cm³/mol. The van der Waals surface area contributed by atoms with Crippen LogP contribution in [0.5, 0.6) is 0 Å². The number of aromatic nitrogens is 3. The van der Waals surface area contributed by atoms with Gasteiger partial charge in [0.2, 0.25) is 5.90 Å². The van der Waals surface area contributed by atoms with Crippen LogP contribution in [0.1, 0.15) is 11.3 Å². The molecule has 3 heterocycles. The first-order valence-electron chi connectivity index (χ1n) is 8.96. The van der Waals surface area contributed by atoms with Crippen LogP contribution >= 0.6 is 27.5 Å². The first kappa shape index (κ1) is 18.1. The molecule has 0 amide bonds. The summed E-state index contributed by atoms with van der Waals surface area (Å²) in [6.07, 6.45) is 1.67. The summed E-state index contributed by atoms with van der Waals surface area (Å²) >= 11 is 9.79. The van der Waals surface area contributed by atoms with Crippen molar-refractivity contribution in [3.63, 3.8) is 0 Å². The van der Waals surface area contributed by atoms with E-state index in [1.165, 1.54) is 0 Å². The minimum Gasteiger partial charge on any atom is -0.471 e. The van der Waals surface area contributed by atoms with Crippen LogP contribution in [0, 0.1) is 0 Å². The topological polar surface area (TPSA) is 52.3 Å². The Balaban J connectivity index is 1.67. The van der Waals surface area contributed by atoms with Crippen molar-refractivity contribution in [2.75, 3.05) is 0 Å². The van der Waals surface area contributed by atoms with Crippen molar-refractivity contribution in [2.45, 2.75) is 6.61 Å². The van der Waals surface area contributed by atoms with E-state index in [9.17, 15) is 0 Å². The van der Waals surface area contributed by atoms with Crippen LogP contribution in [0.15, 0.2) is 82.5 Å². The molecule has 1 aliphatic rings. The van der Waals surface area contributed by atoms with Crippen molar-refractivity contribution < 1.29 is 4.74 Å². The van der Waals surface area contributed by atoms with Gasteiger partial charge >= 0.3 is 0 Å². The SMILES string of the molecule is Clc1cccnc1-n1nc(Br)cc1C1=Nc2c(cccc2-c2ccccc2)CO1. The molecule has 29 heavy (non-hydrogen) atoms. The Labute approximate surface area is 180 Å². The zero-order chi connectivity index (χ0) is 19.8. The second kappa shape index (κ2) is 7.46. The van der Waals surface area contributed by atoms with Crippen LogP contribution in [-0.2, 0) is 11.3 Å². The molecule has 0 bridgehead atoms. The quantitative estimate of drug-likeness (QED) is 0.375. The molecule has 4 aromatic rings. The first-order valence-corrected chi connectivity index (χ1v) is 10.1. The van der Waals surface area contributed by atoms with Gasteiger partial charge in [-0.05, 0) is 33.6 Å². The van der Waals surface area contributed by atoms with Gasteiger partial charge in [0.1, 0.15) is 16.9 Å². The number of hydrogen-bond acceptors (Lipinski definition) is 4. The fourth-order valence-electron chi connectivity index (χ4n) is 3.30. The van der Waals surface area contributed by atoms with Gasteiger partial charge in [-0.2, -0.15) is 5.10 Å². The monoisotopic (exact) mass is 464 g/mol. The highest BCUT2D eigenvalue weighted by atomic mass is 79.9. The molecule has 2 aromatic heterocycles. The Kier molecular flexibility index (Phi) is 4.66. The van der Waals surface area contributed by atoms with Crippen molar-refractivity contribution in [3.05, 3.63) is 93.8 Å². The number of fused-ring (bicyclic) bond motifs is 1. The van der Waals surface area contributed by atoms with Crippen LogP contribution in [0.3, 0.4) is 0 Å². The lowest BCUT2D eigenvalue weighted by Gasteiger charge is -2.20. The molecule has 0 saturated heterocycles. The van der Waals surface area contributed by atoms with Crippen molar-refractivity contribution in [1.82, 2.24) is 14.8 Å². The maximum absolute atomic E-state index is 6.35. The Morgan fingerprint density at radius 1 is 1.00 bits per heavy atom. The zero-order valence-corrected chi connectivity index (χ0v) is 17.4. The summed E-state index contributed by atoms with van der Waals surface area (Å²) in [4.78, 5) is 9.23. The summed E-state index contributed by atoms with van der Waals surface area (Å²) in [7, 11) is 0. The Morgan fingerprint density at radius 3 is 2.69 bits per heavy atom. The van der Waals surface area contributed by atoms with E-state index >= 15 is 0 Å². The molecule has 0 aliphatic carbocycles. The van der Waals surface area contributed by atoms with E-state index in [4.69, 9.17) is 21.3 Å². The normalized spacial score (nSPS) is 12.8. The summed E-state index contributed by atoms with van der Waals surface area (Å²) in [5, 5.41) is 4.97. The van der Waals surface area contributed by atoms with Gasteiger partial charge in [-0.1, -0.05) is 60.1 Å². The number of para-hydroxylation sites is 1. The molecule has 2 aromatic carbocycles. The van der Waals surface area contributed by atoms with Gasteiger partial charge in [-0.15, -0.1) is 0 Å². The molecule has 142 valence electrons. The number of nitrogens with zero attached hydrogens (tertiary/aromatic N) is 4. The van der Waals surface area contributed by atoms with Crippen LogP contribution in [0.25, 0.3) is 16.9 Å². The van der Waals surface area contributed by atoms with E-state index in [0.29, 0.717) is 33.6 Å². The van der Waals surface area contributed by atoms with Gasteiger partial charge in [0.15, 0.2) is 5.82 Å². The molecule has 1 aliphatic heterocycles. The summed E-state index contributed by atoms with van der Waals surface area (Å²) in [5.41, 5.74) is 4.78. The van der Waals surface area contributed by atoms with Crippen molar-refractivity contribution in [2.24, 2.45) is 4.99 Å². The van der Waals surface area contributed by atoms with Gasteiger partial charge in [-0.3, -0.25) is 0 Å². The average molecular weight is 466 g/mol. The summed E-state index contributed by atoms with van der Waals surface area (Å²) in [5.74, 6) is 0.990. The minimum absolute atomic E-state index is 0.424. The van der Waals surface area contributed by atoms with Gasteiger partial charge in [-0.25, -0.2) is 14.7 Å². The van der Waals surface area contributed by atoms with Gasteiger partial charge in [0.25, 0.3) is 0 Å². The molecule has 0 saturated carbocycles. The largest absolute Gasteiger partial charge is 0.471 e. The van der Waals surface area contributed by atoms with Crippen LogP contribution in [-0.4, -0.2) is 20.7 Å². The lowest BCUT2D eigenvalue weighted by molar-refractivity contribution is 0.286. The summed E-state index contributed by atoms with van der Waals surface area (Å²) in [6.45, 7) is 0.424. The van der Waals surface area contributed by atoms with Crippen LogP contribution in [0.2, 0.25) is 5.02 Å². The highest BCUT2D eigenvalue weighted by Crippen LogP contribution is 2.37. The Morgan fingerprint density at radius 2 is 1.86 bits per heavy atom. The molecule has 0 unspecified atom stereocenters. The third-order valence-electron chi connectivity index (χ3n) is 4.62. The Bertz CT molecular complexity index is 1240. The fourth-order valence-corrected chi connectivity index (χ4v) is 3.88. The molecule has 5 rings (SSSR count). The second-order valence-electron chi connectivity index (χ2n) is 6.46. The lowest BCUT2D eigenvalue weighted by atomic mass is 10.00. The number of ether oxygens (including phenoxy) is 1. The molecular weight excluding hydrogens is 452 g/mol. The second-order valence-corrected chi connectivity index (χ2v) is 7.68. The van der Waals surface area contributed by atoms with Crippen LogP contribution in [0.4, 0.5) is 5.69 Å². The molecule has 0 radical (unpaired) electrons. The van der Waals surface area contributed by atoms with E-state index in [0.717, 1.165) is 22.4 Å². The minimum atomic E-state index is 0.424. The summed E-state index contributed by atoms with van der Waals surface area (Å²) in [6, 6.07) is 21.7. The maximum Gasteiger partial charge on any atom is 0.241 e. The number of aliphatic imine (C=N–C) groups is 1. The van der Waals surface area contributed by atoms with E-state index in [1.807, 2.05) is 36.4 Å². The number of halogens is 2. The van der Waals surface area contributed by atoms with Crippen molar-refractivity contribution in [1.29, 1.82) is 0 Å². The van der Waals surface area contributed by atoms with Crippen LogP contribution < -0.4 is 0 Å². The number of hydrogen-bond donors (Lipinski definition) is 0. The van der Waals surface area contributed by atoms with Gasteiger partial charge in [0, 0.05) is 23.4 Å². The molecule has 5 nitrogen and oxygen atoms in total. The number of benzene rings is 2. The third-order valence-corrected chi connectivity index (χ3v) is 5.30. The average Bonchev–Trinajstić information content (AvgIpc) is 3.15. The molecule has 0 N–H and O–H groups in total. The molecule has 7 heteroatoms. The molecular formula is C22H14BrClN4O. The van der Waals surface area contributed by atoms with Crippen molar-refractivity contribution in [3.8, 4) is 16.9 Å². The number of pyridine rings is 1. The van der Waals surface area contributed by atoms with E-state index in [-0.39, 0.29) is 0 Å². The van der Waals surface area contributed by atoms with E-state index in [2.05, 4.69) is 44.2 Å². The van der Waals surface area contributed by atoms with Gasteiger partial charge < -0.3 is 4.74 Å². The zero-order valence-electron chi connectivity index (χ0n) is 15.1. The van der Waals surface area contributed by atoms with E-state index < -0.39 is 0 Å². The first-order chi connectivity index (χ1) is 14.2. The highest BCUT2D eigenvalue weighted by Gasteiger charge is 2.23. The Hall–Kier alpha value is -2.96. The number of rotatable bonds is 3. The maximum atomic E-state index is 6.35. The molecule has 0 fully saturated rings.